The van der Waals surface area contributed by atoms with Crippen molar-refractivity contribution >= 4 is 11.9 Å². The van der Waals surface area contributed by atoms with Gasteiger partial charge in [-0.3, -0.25) is 14.6 Å². The molecule has 1 heterocycles. The van der Waals surface area contributed by atoms with Gasteiger partial charge in [-0.25, -0.2) is 0 Å². The maximum atomic E-state index is 12.5. The van der Waals surface area contributed by atoms with Crippen LogP contribution in [0, 0.1) is 0 Å². The largest absolute Gasteiger partial charge is 0.480 e. The molecule has 0 bridgehead atoms. The first-order valence-corrected chi connectivity index (χ1v) is 4.33. The Kier molecular flexibility index (Phi) is 3.66. The Hall–Kier alpha value is -2.12. The molecule has 0 atom stereocenters. The minimum atomic E-state index is -4.70. The van der Waals surface area contributed by atoms with Crippen molar-refractivity contribution < 1.29 is 27.9 Å². The SMILES string of the molecule is O=C(O)CNC(=O)c1cnccc1C(F)(F)F. The smallest absolute Gasteiger partial charge is 0.417 e. The zero-order chi connectivity index (χ0) is 13.1. The predicted molar refractivity (Wildman–Crippen MR) is 49.2 cm³/mol. The standard InChI is InChI=1S/C9H7F3N2O3/c10-9(11,12)6-1-2-13-3-5(6)8(17)14-4-7(15)16/h1-3H,4H2,(H,14,17)(H,15,16). The van der Waals surface area contributed by atoms with E-state index in [4.69, 9.17) is 5.11 Å². The number of aromatic nitrogens is 1. The van der Waals surface area contributed by atoms with E-state index in [-0.39, 0.29) is 0 Å². The number of hydrogen-bond donors (Lipinski definition) is 2. The van der Waals surface area contributed by atoms with Crippen LogP contribution in [0.25, 0.3) is 0 Å². The predicted octanol–water partition coefficient (Wildman–Crippen LogP) is 0.915. The van der Waals surface area contributed by atoms with Gasteiger partial charge in [-0.2, -0.15) is 13.2 Å². The number of hydrogen-bond acceptors (Lipinski definition) is 3. The third kappa shape index (κ3) is 3.44. The van der Waals surface area contributed by atoms with Gasteiger partial charge >= 0.3 is 12.1 Å². The van der Waals surface area contributed by atoms with E-state index in [1.54, 1.807) is 0 Å². The van der Waals surface area contributed by atoms with E-state index in [9.17, 15) is 22.8 Å². The Labute approximate surface area is 93.3 Å². The summed E-state index contributed by atoms with van der Waals surface area (Å²) in [5.74, 6) is -2.48. The van der Waals surface area contributed by atoms with Crippen molar-refractivity contribution in [3.8, 4) is 0 Å². The van der Waals surface area contributed by atoms with E-state index >= 15 is 0 Å². The van der Waals surface area contributed by atoms with Gasteiger partial charge in [-0.1, -0.05) is 0 Å². The van der Waals surface area contributed by atoms with Gasteiger partial charge in [-0.05, 0) is 6.07 Å². The summed E-state index contributed by atoms with van der Waals surface area (Å²) in [6, 6.07) is 0.648. The summed E-state index contributed by atoms with van der Waals surface area (Å²) in [6.07, 6.45) is -3.06. The van der Waals surface area contributed by atoms with E-state index in [0.29, 0.717) is 6.07 Å². The number of rotatable bonds is 3. The Balaban J connectivity index is 2.98. The Bertz CT molecular complexity index is 445. The number of carboxylic acids is 1. The summed E-state index contributed by atoms with van der Waals surface area (Å²) >= 11 is 0. The van der Waals surface area contributed by atoms with Gasteiger partial charge in [-0.15, -0.1) is 0 Å². The maximum Gasteiger partial charge on any atom is 0.417 e. The van der Waals surface area contributed by atoms with Crippen LogP contribution in [0.1, 0.15) is 15.9 Å². The third-order valence-corrected chi connectivity index (χ3v) is 1.77. The number of carbonyl (C=O) groups is 2. The van der Waals surface area contributed by atoms with Crippen molar-refractivity contribution in [1.29, 1.82) is 0 Å². The molecule has 0 unspecified atom stereocenters. The summed E-state index contributed by atoms with van der Waals surface area (Å²) in [4.78, 5) is 24.9. The van der Waals surface area contributed by atoms with Crippen LogP contribution in [0.15, 0.2) is 18.5 Å². The number of carboxylic acid groups (broad SMARTS) is 1. The number of nitrogens with zero attached hydrogens (tertiary/aromatic N) is 1. The molecular weight excluding hydrogens is 241 g/mol. The van der Waals surface area contributed by atoms with Crippen LogP contribution in [0.2, 0.25) is 0 Å². The first-order chi connectivity index (χ1) is 7.82. The normalized spacial score (nSPS) is 11.0. The quantitative estimate of drug-likeness (QED) is 0.833. The third-order valence-electron chi connectivity index (χ3n) is 1.77. The molecule has 0 saturated carbocycles. The van der Waals surface area contributed by atoms with Gasteiger partial charge in [0.25, 0.3) is 5.91 Å². The monoisotopic (exact) mass is 248 g/mol. The number of nitrogens with one attached hydrogen (secondary N) is 1. The number of alkyl halides is 3. The summed E-state index contributed by atoms with van der Waals surface area (Å²) in [6.45, 7) is -0.759. The van der Waals surface area contributed by atoms with Crippen molar-refractivity contribution in [2.75, 3.05) is 6.54 Å². The second-order valence-electron chi connectivity index (χ2n) is 3.00. The molecule has 1 aromatic heterocycles. The molecule has 0 radical (unpaired) electrons. The molecule has 2 N–H and O–H groups in total. The summed E-state index contributed by atoms with van der Waals surface area (Å²) in [5.41, 5.74) is -1.86. The van der Waals surface area contributed by atoms with Crippen LogP contribution in [0.3, 0.4) is 0 Å². The van der Waals surface area contributed by atoms with Gasteiger partial charge in [0.1, 0.15) is 6.54 Å². The van der Waals surface area contributed by atoms with Crippen molar-refractivity contribution in [3.05, 3.63) is 29.6 Å². The van der Waals surface area contributed by atoms with Crippen LogP contribution in [0.4, 0.5) is 13.2 Å². The second-order valence-corrected chi connectivity index (χ2v) is 3.00. The van der Waals surface area contributed by atoms with Gasteiger partial charge in [0, 0.05) is 12.4 Å². The number of aliphatic carboxylic acids is 1. The molecule has 0 saturated heterocycles. The van der Waals surface area contributed by atoms with Gasteiger partial charge < -0.3 is 10.4 Å². The molecule has 8 heteroatoms. The highest BCUT2D eigenvalue weighted by Crippen LogP contribution is 2.31. The maximum absolute atomic E-state index is 12.5. The fourth-order valence-corrected chi connectivity index (χ4v) is 1.07. The van der Waals surface area contributed by atoms with Gasteiger partial charge in [0.2, 0.25) is 0 Å². The van der Waals surface area contributed by atoms with E-state index in [2.05, 4.69) is 4.98 Å². The second kappa shape index (κ2) is 4.81. The van der Waals surface area contributed by atoms with E-state index < -0.39 is 35.7 Å². The van der Waals surface area contributed by atoms with Crippen molar-refractivity contribution in [2.24, 2.45) is 0 Å². The first kappa shape index (κ1) is 12.9. The lowest BCUT2D eigenvalue weighted by molar-refractivity contribution is -0.138. The van der Waals surface area contributed by atoms with Crippen LogP contribution >= 0.6 is 0 Å². The molecule has 1 aromatic rings. The summed E-state index contributed by atoms with van der Waals surface area (Å²) in [7, 11) is 0. The molecule has 17 heavy (non-hydrogen) atoms. The van der Waals surface area contributed by atoms with Gasteiger partial charge in [0.15, 0.2) is 0 Å². The zero-order valence-corrected chi connectivity index (χ0v) is 8.28. The molecule has 5 nitrogen and oxygen atoms in total. The highest BCUT2D eigenvalue weighted by Gasteiger charge is 2.35. The average Bonchev–Trinajstić information content (AvgIpc) is 2.24. The summed E-state index contributed by atoms with van der Waals surface area (Å²) < 4.78 is 37.5. The fraction of sp³-hybridized carbons (Fsp3) is 0.222. The molecule has 0 aliphatic rings. The molecule has 0 aliphatic carbocycles. The number of carbonyl (C=O) groups excluding carboxylic acids is 1. The zero-order valence-electron chi connectivity index (χ0n) is 8.28. The average molecular weight is 248 g/mol. The molecule has 0 aliphatic heterocycles. The number of pyridine rings is 1. The minimum absolute atomic E-state index is 0.648. The van der Waals surface area contributed by atoms with E-state index in [1.165, 1.54) is 0 Å². The highest BCUT2D eigenvalue weighted by atomic mass is 19.4. The first-order valence-electron chi connectivity index (χ1n) is 4.33. The fourth-order valence-electron chi connectivity index (χ4n) is 1.07. The minimum Gasteiger partial charge on any atom is -0.480 e. The lowest BCUT2D eigenvalue weighted by atomic mass is 10.1. The van der Waals surface area contributed by atoms with Gasteiger partial charge in [0.05, 0.1) is 11.1 Å². The van der Waals surface area contributed by atoms with Crippen LogP contribution in [-0.2, 0) is 11.0 Å². The van der Waals surface area contributed by atoms with Crippen molar-refractivity contribution in [1.82, 2.24) is 10.3 Å². The van der Waals surface area contributed by atoms with Crippen molar-refractivity contribution in [3.63, 3.8) is 0 Å². The topological polar surface area (TPSA) is 79.3 Å². The highest BCUT2D eigenvalue weighted by molar-refractivity contribution is 5.96. The van der Waals surface area contributed by atoms with Crippen molar-refractivity contribution in [2.45, 2.75) is 6.18 Å². The van der Waals surface area contributed by atoms with E-state index in [0.717, 1.165) is 12.4 Å². The lowest BCUT2D eigenvalue weighted by Gasteiger charge is -2.11. The molecule has 0 fully saturated rings. The number of amides is 1. The number of halogens is 3. The summed E-state index contributed by atoms with van der Waals surface area (Å²) in [5, 5.41) is 10.1. The molecule has 1 rings (SSSR count). The van der Waals surface area contributed by atoms with Crippen LogP contribution in [-0.4, -0.2) is 28.5 Å². The van der Waals surface area contributed by atoms with Crippen LogP contribution in [0.5, 0.6) is 0 Å². The van der Waals surface area contributed by atoms with Crippen LogP contribution < -0.4 is 5.32 Å². The Morgan fingerprint density at radius 2 is 2.06 bits per heavy atom. The molecule has 1 amide bonds. The molecule has 0 aromatic carbocycles. The van der Waals surface area contributed by atoms with E-state index in [1.807, 2.05) is 5.32 Å². The Morgan fingerprint density at radius 1 is 1.41 bits per heavy atom. The molecular formula is C9H7F3N2O3. The lowest BCUT2D eigenvalue weighted by Crippen LogP contribution is -2.31. The molecule has 92 valence electrons. The Morgan fingerprint density at radius 3 is 2.59 bits per heavy atom. The molecule has 0 spiro atoms.